The van der Waals surface area contributed by atoms with Gasteiger partial charge >= 0.3 is 0 Å². The van der Waals surface area contributed by atoms with Crippen LogP contribution in [0, 0.1) is 23.7 Å². The quantitative estimate of drug-likeness (QED) is 0.732. The van der Waals surface area contributed by atoms with Gasteiger partial charge in [0, 0.05) is 13.2 Å². The zero-order valence-electron chi connectivity index (χ0n) is 9.24. The van der Waals surface area contributed by atoms with E-state index in [0.717, 1.165) is 43.4 Å². The van der Waals surface area contributed by atoms with Crippen LogP contribution in [0.15, 0.2) is 0 Å². The fraction of sp³-hybridized carbons (Fsp3) is 1.00. The van der Waals surface area contributed by atoms with Gasteiger partial charge in [-0.3, -0.25) is 0 Å². The number of ether oxygens (including phenoxy) is 1. The van der Waals surface area contributed by atoms with Crippen LogP contribution in [-0.2, 0) is 4.74 Å². The first-order valence-electron chi connectivity index (χ1n) is 6.09. The summed E-state index contributed by atoms with van der Waals surface area (Å²) in [4.78, 5) is 0. The lowest BCUT2D eigenvalue weighted by Crippen LogP contribution is -2.36. The minimum atomic E-state index is 0.758. The van der Waals surface area contributed by atoms with E-state index in [0.29, 0.717) is 0 Å². The molecule has 2 rings (SSSR count). The summed E-state index contributed by atoms with van der Waals surface area (Å²) in [6.07, 6.45) is 5.45. The summed E-state index contributed by atoms with van der Waals surface area (Å²) in [6, 6.07) is 0. The largest absolute Gasteiger partial charge is 0.381 e. The Morgan fingerprint density at radius 1 is 1.00 bits per heavy atom. The molecule has 0 radical (unpaired) electrons. The van der Waals surface area contributed by atoms with E-state index in [2.05, 4.69) is 6.92 Å². The Bertz CT molecular complexity index is 181. The van der Waals surface area contributed by atoms with E-state index in [4.69, 9.17) is 10.5 Å². The van der Waals surface area contributed by atoms with Crippen LogP contribution < -0.4 is 5.73 Å². The Morgan fingerprint density at radius 3 is 2.07 bits per heavy atom. The number of hydrogen-bond acceptors (Lipinski definition) is 2. The molecule has 0 saturated heterocycles. The van der Waals surface area contributed by atoms with E-state index >= 15 is 0 Å². The van der Waals surface area contributed by atoms with Gasteiger partial charge in [-0.05, 0) is 49.5 Å². The van der Waals surface area contributed by atoms with Crippen molar-refractivity contribution < 1.29 is 4.74 Å². The first kappa shape index (κ1) is 10.4. The molecule has 0 bridgehead atoms. The van der Waals surface area contributed by atoms with E-state index < -0.39 is 0 Å². The maximum absolute atomic E-state index is 5.79. The van der Waals surface area contributed by atoms with Crippen molar-refractivity contribution in [1.82, 2.24) is 0 Å². The minimum Gasteiger partial charge on any atom is -0.381 e. The summed E-state index contributed by atoms with van der Waals surface area (Å²) in [5.41, 5.74) is 5.66. The van der Waals surface area contributed by atoms with E-state index in [1.54, 1.807) is 0 Å². The highest BCUT2D eigenvalue weighted by atomic mass is 16.5. The molecular weight excluding hydrogens is 174 g/mol. The molecule has 2 fully saturated rings. The molecule has 14 heavy (non-hydrogen) atoms. The van der Waals surface area contributed by atoms with Crippen LogP contribution in [0.4, 0.5) is 0 Å². The third-order valence-corrected chi connectivity index (χ3v) is 4.34. The molecular formula is C12H23NO. The summed E-state index contributed by atoms with van der Waals surface area (Å²) in [5, 5.41) is 0. The highest BCUT2D eigenvalue weighted by molar-refractivity contribution is 4.82. The van der Waals surface area contributed by atoms with E-state index in [9.17, 15) is 0 Å². The van der Waals surface area contributed by atoms with Crippen LogP contribution >= 0.6 is 0 Å². The maximum Gasteiger partial charge on any atom is 0.0497 e. The van der Waals surface area contributed by atoms with Crippen molar-refractivity contribution in [2.75, 3.05) is 19.8 Å². The lowest BCUT2D eigenvalue weighted by Gasteiger charge is -2.37. The van der Waals surface area contributed by atoms with Crippen LogP contribution in [0.1, 0.15) is 32.6 Å². The van der Waals surface area contributed by atoms with Gasteiger partial charge in [0.1, 0.15) is 0 Å². The van der Waals surface area contributed by atoms with Crippen LogP contribution in [-0.4, -0.2) is 19.8 Å². The second kappa shape index (κ2) is 4.63. The van der Waals surface area contributed by atoms with Gasteiger partial charge in [0.25, 0.3) is 0 Å². The molecule has 4 unspecified atom stereocenters. The predicted molar refractivity (Wildman–Crippen MR) is 58.0 cm³/mol. The van der Waals surface area contributed by atoms with Gasteiger partial charge in [0.2, 0.25) is 0 Å². The number of nitrogens with two attached hydrogens (primary N) is 1. The number of rotatable bonds is 5. The molecule has 2 N–H and O–H groups in total. The summed E-state index contributed by atoms with van der Waals surface area (Å²) in [6.45, 7) is 5.15. The average molecular weight is 197 g/mol. The molecule has 2 aliphatic rings. The SMILES string of the molecule is CC1CCC1COCC1CCC1CN. The van der Waals surface area contributed by atoms with Crippen molar-refractivity contribution in [3.63, 3.8) is 0 Å². The third-order valence-electron chi connectivity index (χ3n) is 4.34. The van der Waals surface area contributed by atoms with Gasteiger partial charge in [-0.15, -0.1) is 0 Å². The molecule has 0 amide bonds. The van der Waals surface area contributed by atoms with Crippen molar-refractivity contribution in [2.45, 2.75) is 32.6 Å². The van der Waals surface area contributed by atoms with Crippen LogP contribution in [0.3, 0.4) is 0 Å². The Balaban J connectivity index is 1.54. The molecule has 82 valence electrons. The van der Waals surface area contributed by atoms with Crippen LogP contribution in [0.25, 0.3) is 0 Å². The minimum absolute atomic E-state index is 0.758. The van der Waals surface area contributed by atoms with E-state index in [1.807, 2.05) is 0 Å². The van der Waals surface area contributed by atoms with Gasteiger partial charge in [-0.1, -0.05) is 13.3 Å². The monoisotopic (exact) mass is 197 g/mol. The lowest BCUT2D eigenvalue weighted by atomic mass is 9.74. The molecule has 0 spiro atoms. The molecule has 0 aromatic rings. The maximum atomic E-state index is 5.79. The number of hydrogen-bond donors (Lipinski definition) is 1. The fourth-order valence-electron chi connectivity index (χ4n) is 2.52. The molecule has 2 saturated carbocycles. The Morgan fingerprint density at radius 2 is 1.64 bits per heavy atom. The third kappa shape index (κ3) is 2.12. The summed E-state index contributed by atoms with van der Waals surface area (Å²) in [5.74, 6) is 3.29. The first-order valence-corrected chi connectivity index (χ1v) is 6.09. The standard InChI is InChI=1S/C12H23NO/c1-9-2-3-11(9)7-14-8-12-5-4-10(12)6-13/h9-12H,2-8,13H2,1H3. The van der Waals surface area contributed by atoms with Crippen molar-refractivity contribution in [3.05, 3.63) is 0 Å². The van der Waals surface area contributed by atoms with Crippen molar-refractivity contribution >= 4 is 0 Å². The normalized spacial score (nSPS) is 41.6. The van der Waals surface area contributed by atoms with Gasteiger partial charge in [-0.2, -0.15) is 0 Å². The average Bonchev–Trinajstić information content (AvgIpc) is 2.14. The van der Waals surface area contributed by atoms with Gasteiger partial charge in [-0.25, -0.2) is 0 Å². The van der Waals surface area contributed by atoms with E-state index in [1.165, 1.54) is 25.7 Å². The molecule has 0 aliphatic heterocycles. The Labute approximate surface area is 87.2 Å². The topological polar surface area (TPSA) is 35.2 Å². The molecule has 0 aromatic heterocycles. The smallest absolute Gasteiger partial charge is 0.0497 e. The molecule has 0 heterocycles. The zero-order valence-corrected chi connectivity index (χ0v) is 9.24. The van der Waals surface area contributed by atoms with Crippen molar-refractivity contribution in [2.24, 2.45) is 29.4 Å². The van der Waals surface area contributed by atoms with Crippen LogP contribution in [0.2, 0.25) is 0 Å². The summed E-state index contributed by atoms with van der Waals surface area (Å²) < 4.78 is 5.79. The Hall–Kier alpha value is -0.0800. The van der Waals surface area contributed by atoms with Gasteiger partial charge in [0.05, 0.1) is 0 Å². The lowest BCUT2D eigenvalue weighted by molar-refractivity contribution is -0.00985. The molecule has 4 atom stereocenters. The summed E-state index contributed by atoms with van der Waals surface area (Å²) >= 11 is 0. The van der Waals surface area contributed by atoms with Gasteiger partial charge < -0.3 is 10.5 Å². The molecule has 2 aliphatic carbocycles. The summed E-state index contributed by atoms with van der Waals surface area (Å²) in [7, 11) is 0. The van der Waals surface area contributed by atoms with Gasteiger partial charge in [0.15, 0.2) is 0 Å². The second-order valence-electron chi connectivity index (χ2n) is 5.19. The van der Waals surface area contributed by atoms with Crippen LogP contribution in [0.5, 0.6) is 0 Å². The fourth-order valence-corrected chi connectivity index (χ4v) is 2.52. The zero-order chi connectivity index (χ0) is 9.97. The van der Waals surface area contributed by atoms with Crippen molar-refractivity contribution in [1.29, 1.82) is 0 Å². The predicted octanol–water partition coefficient (Wildman–Crippen LogP) is 2.03. The van der Waals surface area contributed by atoms with Crippen molar-refractivity contribution in [3.8, 4) is 0 Å². The van der Waals surface area contributed by atoms with E-state index in [-0.39, 0.29) is 0 Å². The first-order chi connectivity index (χ1) is 6.81. The molecule has 2 nitrogen and oxygen atoms in total. The molecule has 0 aromatic carbocycles. The highest BCUT2D eigenvalue weighted by Gasteiger charge is 2.31. The highest BCUT2D eigenvalue weighted by Crippen LogP contribution is 2.36. The second-order valence-corrected chi connectivity index (χ2v) is 5.19. The Kier molecular flexibility index (Phi) is 3.45. The molecule has 2 heteroatoms.